The van der Waals surface area contributed by atoms with E-state index in [4.69, 9.17) is 9.97 Å². The summed E-state index contributed by atoms with van der Waals surface area (Å²) in [7, 11) is 2.00. The van der Waals surface area contributed by atoms with Crippen LogP contribution in [0.2, 0.25) is 0 Å². The van der Waals surface area contributed by atoms with Crippen molar-refractivity contribution in [1.82, 2.24) is 9.97 Å². The Kier molecular flexibility index (Phi) is 11.3. The van der Waals surface area contributed by atoms with Crippen molar-refractivity contribution in [3.05, 3.63) is 59.7 Å². The number of allylic oxidation sites excluding steroid dienone is 3. The number of hydrogen-bond acceptors (Lipinski definition) is 7. The summed E-state index contributed by atoms with van der Waals surface area (Å²) in [5.74, 6) is 1.91. The first kappa shape index (κ1) is 27.1. The number of nitrogens with zero attached hydrogens (tertiary/aromatic N) is 5. The van der Waals surface area contributed by atoms with Crippen molar-refractivity contribution >= 4 is 30.0 Å². The molecule has 0 fully saturated rings. The molecule has 0 spiro atoms. The van der Waals surface area contributed by atoms with E-state index in [1.54, 1.807) is 0 Å². The SMILES string of the molecule is C=Nc1c(N(C)Cc2ccccc2)nc(NC(CC)CO)nc1N(CC)C/C(=C/C=C\C)CC. The summed E-state index contributed by atoms with van der Waals surface area (Å²) in [5.41, 5.74) is 3.12. The molecule has 0 aliphatic heterocycles. The molecule has 34 heavy (non-hydrogen) atoms. The van der Waals surface area contributed by atoms with Gasteiger partial charge in [-0.05, 0) is 39.0 Å². The topological polar surface area (TPSA) is 76.9 Å². The highest BCUT2D eigenvalue weighted by molar-refractivity contribution is 5.79. The van der Waals surface area contributed by atoms with Gasteiger partial charge in [0.05, 0.1) is 12.6 Å². The third kappa shape index (κ3) is 7.42. The standard InChI is InChI=1S/C27H40N6O/c1-7-11-15-21(8-2)19-33(10-4)26-24(28-5)25(30-27(31-26)29-23(9-3)20-34)32(6)18-22-16-13-12-14-17-22/h7,11-17,23,34H,5,8-10,18-20H2,1-4,6H3,(H,29,30,31)/b11-7-,21-15+. The molecule has 1 aromatic heterocycles. The maximum absolute atomic E-state index is 9.74. The fourth-order valence-corrected chi connectivity index (χ4v) is 3.61. The molecular weight excluding hydrogens is 424 g/mol. The summed E-state index contributed by atoms with van der Waals surface area (Å²) in [4.78, 5) is 18.3. The lowest BCUT2D eigenvalue weighted by molar-refractivity contribution is 0.271. The van der Waals surface area contributed by atoms with Gasteiger partial charge in [0.25, 0.3) is 0 Å². The van der Waals surface area contributed by atoms with Crippen LogP contribution in [0.25, 0.3) is 0 Å². The molecule has 0 bridgehead atoms. The lowest BCUT2D eigenvalue weighted by Gasteiger charge is -2.28. The molecule has 0 saturated heterocycles. The molecular formula is C27H40N6O. The molecule has 0 radical (unpaired) electrons. The molecule has 2 N–H and O–H groups in total. The molecule has 1 heterocycles. The zero-order valence-corrected chi connectivity index (χ0v) is 21.3. The van der Waals surface area contributed by atoms with Gasteiger partial charge in [-0.15, -0.1) is 0 Å². The van der Waals surface area contributed by atoms with Crippen molar-refractivity contribution in [3.63, 3.8) is 0 Å². The molecule has 0 amide bonds. The van der Waals surface area contributed by atoms with Gasteiger partial charge in [-0.3, -0.25) is 4.99 Å². The van der Waals surface area contributed by atoms with Crippen molar-refractivity contribution in [2.75, 3.05) is 41.9 Å². The van der Waals surface area contributed by atoms with Gasteiger partial charge in [-0.1, -0.05) is 68.0 Å². The van der Waals surface area contributed by atoms with E-state index in [1.807, 2.05) is 45.2 Å². The van der Waals surface area contributed by atoms with Crippen LogP contribution in [0.5, 0.6) is 0 Å². The van der Waals surface area contributed by atoms with Crippen LogP contribution in [-0.2, 0) is 6.54 Å². The average molecular weight is 465 g/mol. The number of likely N-dealkylation sites (N-methyl/N-ethyl adjacent to an activating group) is 1. The van der Waals surface area contributed by atoms with E-state index in [0.717, 1.165) is 31.7 Å². The normalized spacial score (nSPS) is 12.6. The number of nitrogens with one attached hydrogen (secondary N) is 1. The van der Waals surface area contributed by atoms with Crippen LogP contribution in [0.15, 0.2) is 59.1 Å². The van der Waals surface area contributed by atoms with E-state index in [0.29, 0.717) is 24.0 Å². The monoisotopic (exact) mass is 464 g/mol. The average Bonchev–Trinajstić information content (AvgIpc) is 2.87. The lowest BCUT2D eigenvalue weighted by atomic mass is 10.1. The van der Waals surface area contributed by atoms with E-state index in [2.05, 4.69) is 65.0 Å². The highest BCUT2D eigenvalue weighted by atomic mass is 16.3. The van der Waals surface area contributed by atoms with Crippen LogP contribution in [0.3, 0.4) is 0 Å². The second-order valence-electron chi connectivity index (χ2n) is 8.19. The second kappa shape index (κ2) is 14.2. The maximum atomic E-state index is 9.74. The van der Waals surface area contributed by atoms with Gasteiger partial charge in [0, 0.05) is 26.7 Å². The quantitative estimate of drug-likeness (QED) is 0.289. The van der Waals surface area contributed by atoms with E-state index in [9.17, 15) is 5.11 Å². The summed E-state index contributed by atoms with van der Waals surface area (Å²) in [6.45, 7) is 14.3. The van der Waals surface area contributed by atoms with Crippen LogP contribution in [-0.4, -0.2) is 54.6 Å². The zero-order chi connectivity index (χ0) is 24.9. The molecule has 1 aromatic carbocycles. The molecule has 0 saturated carbocycles. The number of hydrogen-bond donors (Lipinski definition) is 2. The molecule has 7 heteroatoms. The maximum Gasteiger partial charge on any atom is 0.227 e. The fourth-order valence-electron chi connectivity index (χ4n) is 3.61. The van der Waals surface area contributed by atoms with Crippen LogP contribution < -0.4 is 15.1 Å². The van der Waals surface area contributed by atoms with E-state index >= 15 is 0 Å². The van der Waals surface area contributed by atoms with Gasteiger partial charge in [0.1, 0.15) is 5.69 Å². The van der Waals surface area contributed by atoms with Gasteiger partial charge >= 0.3 is 0 Å². The van der Waals surface area contributed by atoms with E-state index < -0.39 is 0 Å². The highest BCUT2D eigenvalue weighted by Gasteiger charge is 2.22. The first-order valence-corrected chi connectivity index (χ1v) is 12.1. The minimum absolute atomic E-state index is 0.00933. The number of aromatic nitrogens is 2. The van der Waals surface area contributed by atoms with Crippen molar-refractivity contribution in [2.45, 2.75) is 53.1 Å². The van der Waals surface area contributed by atoms with Gasteiger partial charge < -0.3 is 20.2 Å². The van der Waals surface area contributed by atoms with Gasteiger partial charge in [0.15, 0.2) is 11.6 Å². The third-order valence-corrected chi connectivity index (χ3v) is 5.73. The Morgan fingerprint density at radius 2 is 1.88 bits per heavy atom. The van der Waals surface area contributed by atoms with Crippen LogP contribution >= 0.6 is 0 Å². The van der Waals surface area contributed by atoms with Gasteiger partial charge in [-0.25, -0.2) is 0 Å². The van der Waals surface area contributed by atoms with Crippen LogP contribution in [0.1, 0.15) is 46.1 Å². The van der Waals surface area contributed by atoms with Crippen molar-refractivity contribution < 1.29 is 5.11 Å². The van der Waals surface area contributed by atoms with E-state index in [-0.39, 0.29) is 12.6 Å². The van der Waals surface area contributed by atoms with Crippen LogP contribution in [0.4, 0.5) is 23.3 Å². The molecule has 2 rings (SSSR count). The Bertz CT molecular complexity index is 953. The van der Waals surface area contributed by atoms with Crippen molar-refractivity contribution in [2.24, 2.45) is 4.99 Å². The van der Waals surface area contributed by atoms with Crippen molar-refractivity contribution in [1.29, 1.82) is 0 Å². The summed E-state index contributed by atoms with van der Waals surface area (Å²) >= 11 is 0. The molecule has 1 atom stereocenters. The molecule has 184 valence electrons. The highest BCUT2D eigenvalue weighted by Crippen LogP contribution is 2.37. The number of aliphatic hydroxyl groups excluding tert-OH is 1. The Labute approximate surface area is 205 Å². The largest absolute Gasteiger partial charge is 0.394 e. The number of rotatable bonds is 14. The summed E-state index contributed by atoms with van der Waals surface area (Å²) in [6, 6.07) is 10.1. The Morgan fingerprint density at radius 1 is 1.18 bits per heavy atom. The number of aliphatic imine (C=N–C) groups is 1. The molecule has 7 nitrogen and oxygen atoms in total. The van der Waals surface area contributed by atoms with Gasteiger partial charge in [-0.2, -0.15) is 9.97 Å². The third-order valence-electron chi connectivity index (χ3n) is 5.73. The first-order chi connectivity index (χ1) is 16.5. The van der Waals surface area contributed by atoms with Crippen molar-refractivity contribution in [3.8, 4) is 0 Å². The summed E-state index contributed by atoms with van der Waals surface area (Å²) in [6.07, 6.45) is 7.96. The van der Waals surface area contributed by atoms with E-state index in [1.165, 1.54) is 11.1 Å². The fraction of sp³-hybridized carbons (Fsp3) is 0.444. The number of aliphatic hydroxyl groups is 1. The number of benzene rings is 1. The Hall–Kier alpha value is -3.19. The summed E-state index contributed by atoms with van der Waals surface area (Å²) < 4.78 is 0. The number of anilines is 3. The Morgan fingerprint density at radius 3 is 2.44 bits per heavy atom. The zero-order valence-electron chi connectivity index (χ0n) is 21.3. The van der Waals surface area contributed by atoms with Crippen LogP contribution in [0, 0.1) is 0 Å². The van der Waals surface area contributed by atoms with Gasteiger partial charge in [0.2, 0.25) is 5.95 Å². The predicted octanol–water partition coefficient (Wildman–Crippen LogP) is 5.37. The Balaban J connectivity index is 2.57. The lowest BCUT2D eigenvalue weighted by Crippen LogP contribution is -2.29. The summed E-state index contributed by atoms with van der Waals surface area (Å²) in [5, 5.41) is 13.0. The molecule has 1 unspecified atom stereocenters. The molecule has 2 aromatic rings. The first-order valence-electron chi connectivity index (χ1n) is 12.1. The molecule has 0 aliphatic rings. The minimum atomic E-state index is -0.126. The minimum Gasteiger partial charge on any atom is -0.394 e. The smallest absolute Gasteiger partial charge is 0.227 e. The predicted molar refractivity (Wildman–Crippen MR) is 146 cm³/mol. The molecule has 0 aliphatic carbocycles. The second-order valence-corrected chi connectivity index (χ2v) is 8.19.